The molecule has 20 heavy (non-hydrogen) atoms. The van der Waals surface area contributed by atoms with Gasteiger partial charge in [-0.05, 0) is 56.1 Å². The van der Waals surface area contributed by atoms with E-state index in [1.54, 1.807) is 0 Å². The Morgan fingerprint density at radius 2 is 1.85 bits per heavy atom. The molecule has 3 atom stereocenters. The van der Waals surface area contributed by atoms with E-state index in [1.807, 2.05) is 0 Å². The first kappa shape index (κ1) is 13.9. The average molecular weight is 272 g/mol. The van der Waals surface area contributed by atoms with Crippen LogP contribution in [0.5, 0.6) is 0 Å². The molecule has 110 valence electrons. The van der Waals surface area contributed by atoms with Gasteiger partial charge in [0.2, 0.25) is 0 Å². The van der Waals surface area contributed by atoms with Gasteiger partial charge in [0.1, 0.15) is 0 Å². The van der Waals surface area contributed by atoms with Gasteiger partial charge in [-0.1, -0.05) is 32.0 Å². The lowest BCUT2D eigenvalue weighted by atomic mass is 9.80. The number of hydrogen-bond donors (Lipinski definition) is 1. The van der Waals surface area contributed by atoms with Crippen LogP contribution in [-0.2, 0) is 0 Å². The number of fused-ring (bicyclic) bond motifs is 2. The number of para-hydroxylation sites is 1. The molecule has 2 heterocycles. The first-order valence-corrected chi connectivity index (χ1v) is 8.33. The van der Waals surface area contributed by atoms with Crippen molar-refractivity contribution in [2.24, 2.45) is 5.73 Å². The van der Waals surface area contributed by atoms with Crippen LogP contribution in [0.2, 0.25) is 0 Å². The fraction of sp³-hybridized carbons (Fsp3) is 0.667. The van der Waals surface area contributed by atoms with Crippen molar-refractivity contribution in [2.45, 2.75) is 76.4 Å². The van der Waals surface area contributed by atoms with Crippen LogP contribution in [0.15, 0.2) is 24.3 Å². The van der Waals surface area contributed by atoms with Gasteiger partial charge in [0.05, 0.1) is 0 Å². The highest BCUT2D eigenvalue weighted by molar-refractivity contribution is 5.57. The van der Waals surface area contributed by atoms with Gasteiger partial charge < -0.3 is 10.6 Å². The minimum absolute atomic E-state index is 0.414. The summed E-state index contributed by atoms with van der Waals surface area (Å²) in [6.07, 6.45) is 7.57. The SMILES string of the molecule is CCC(C)c1ccccc1N1C2CCCC1CC(N)C2. The maximum Gasteiger partial charge on any atom is 0.0406 e. The summed E-state index contributed by atoms with van der Waals surface area (Å²) in [7, 11) is 0. The summed E-state index contributed by atoms with van der Waals surface area (Å²) in [6.45, 7) is 4.64. The maximum absolute atomic E-state index is 6.26. The van der Waals surface area contributed by atoms with Crippen molar-refractivity contribution in [3.05, 3.63) is 29.8 Å². The Bertz CT molecular complexity index is 442. The van der Waals surface area contributed by atoms with Gasteiger partial charge in [-0.3, -0.25) is 0 Å². The Hall–Kier alpha value is -1.02. The third-order valence-corrected chi connectivity index (χ3v) is 5.37. The van der Waals surface area contributed by atoms with Crippen LogP contribution >= 0.6 is 0 Å². The molecule has 0 radical (unpaired) electrons. The zero-order valence-corrected chi connectivity index (χ0v) is 12.9. The number of piperidine rings is 2. The van der Waals surface area contributed by atoms with Gasteiger partial charge >= 0.3 is 0 Å². The highest BCUT2D eigenvalue weighted by Gasteiger charge is 2.37. The predicted octanol–water partition coefficient (Wildman–Crippen LogP) is 4.05. The Labute approximate surface area is 123 Å². The number of nitrogens with zero attached hydrogens (tertiary/aromatic N) is 1. The van der Waals surface area contributed by atoms with Crippen molar-refractivity contribution in [1.82, 2.24) is 0 Å². The Morgan fingerprint density at radius 3 is 2.50 bits per heavy atom. The molecule has 0 aliphatic carbocycles. The van der Waals surface area contributed by atoms with E-state index < -0.39 is 0 Å². The van der Waals surface area contributed by atoms with Crippen LogP contribution in [0, 0.1) is 0 Å². The Morgan fingerprint density at radius 1 is 1.20 bits per heavy atom. The lowest BCUT2D eigenvalue weighted by Crippen LogP contribution is -2.55. The molecule has 2 aliphatic rings. The van der Waals surface area contributed by atoms with E-state index in [-0.39, 0.29) is 0 Å². The summed E-state index contributed by atoms with van der Waals surface area (Å²) in [5.41, 5.74) is 9.28. The van der Waals surface area contributed by atoms with Crippen molar-refractivity contribution in [3.63, 3.8) is 0 Å². The van der Waals surface area contributed by atoms with Crippen LogP contribution in [0.4, 0.5) is 5.69 Å². The van der Waals surface area contributed by atoms with Crippen LogP contribution in [0.25, 0.3) is 0 Å². The second kappa shape index (κ2) is 5.77. The van der Waals surface area contributed by atoms with E-state index in [4.69, 9.17) is 5.73 Å². The molecule has 0 amide bonds. The monoisotopic (exact) mass is 272 g/mol. The van der Waals surface area contributed by atoms with Crippen LogP contribution in [0.3, 0.4) is 0 Å². The van der Waals surface area contributed by atoms with Crippen molar-refractivity contribution in [1.29, 1.82) is 0 Å². The van der Waals surface area contributed by atoms with Crippen molar-refractivity contribution >= 4 is 5.69 Å². The van der Waals surface area contributed by atoms with Crippen molar-refractivity contribution < 1.29 is 0 Å². The number of rotatable bonds is 3. The standard InChI is InChI=1S/C18H28N2/c1-3-13(2)17-9-4-5-10-18(17)20-15-7-6-8-16(20)12-14(19)11-15/h4-5,9-10,13-16H,3,6-8,11-12,19H2,1-2H3. The lowest BCUT2D eigenvalue weighted by Gasteiger charge is -2.50. The zero-order valence-electron chi connectivity index (χ0n) is 12.9. The molecule has 1 aromatic carbocycles. The van der Waals surface area contributed by atoms with E-state index in [2.05, 4.69) is 43.0 Å². The first-order valence-electron chi connectivity index (χ1n) is 8.33. The van der Waals surface area contributed by atoms with E-state index in [0.717, 1.165) is 0 Å². The lowest BCUT2D eigenvalue weighted by molar-refractivity contribution is 0.270. The number of hydrogen-bond acceptors (Lipinski definition) is 2. The fourth-order valence-corrected chi connectivity index (χ4v) is 4.18. The molecule has 0 saturated carbocycles. The van der Waals surface area contributed by atoms with Gasteiger partial charge in [-0.15, -0.1) is 0 Å². The molecule has 2 bridgehead atoms. The minimum atomic E-state index is 0.414. The fourth-order valence-electron chi connectivity index (χ4n) is 4.18. The van der Waals surface area contributed by atoms with Crippen LogP contribution < -0.4 is 10.6 Å². The molecule has 3 rings (SSSR count). The summed E-state index contributed by atoms with van der Waals surface area (Å²) < 4.78 is 0. The van der Waals surface area contributed by atoms with E-state index in [0.29, 0.717) is 24.0 Å². The second-order valence-electron chi connectivity index (χ2n) is 6.75. The third kappa shape index (κ3) is 2.46. The summed E-state index contributed by atoms with van der Waals surface area (Å²) in [5.74, 6) is 0.641. The molecule has 2 saturated heterocycles. The van der Waals surface area contributed by atoms with Gasteiger partial charge in [0.15, 0.2) is 0 Å². The Kier molecular flexibility index (Phi) is 4.02. The van der Waals surface area contributed by atoms with E-state index >= 15 is 0 Å². The minimum Gasteiger partial charge on any atom is -0.365 e. The molecule has 2 nitrogen and oxygen atoms in total. The zero-order chi connectivity index (χ0) is 14.1. The molecule has 0 spiro atoms. The largest absolute Gasteiger partial charge is 0.365 e. The van der Waals surface area contributed by atoms with E-state index in [9.17, 15) is 0 Å². The number of anilines is 1. The van der Waals surface area contributed by atoms with Gasteiger partial charge in [0.25, 0.3) is 0 Å². The second-order valence-corrected chi connectivity index (χ2v) is 6.75. The number of benzene rings is 1. The molecule has 2 fully saturated rings. The van der Waals surface area contributed by atoms with Gasteiger partial charge in [-0.25, -0.2) is 0 Å². The van der Waals surface area contributed by atoms with Crippen LogP contribution in [-0.4, -0.2) is 18.1 Å². The molecule has 2 aliphatic heterocycles. The predicted molar refractivity (Wildman–Crippen MR) is 86.3 cm³/mol. The van der Waals surface area contributed by atoms with Crippen LogP contribution in [0.1, 0.15) is 63.9 Å². The number of nitrogens with two attached hydrogens (primary N) is 1. The van der Waals surface area contributed by atoms with Gasteiger partial charge in [0, 0.05) is 23.8 Å². The molecule has 0 aromatic heterocycles. The quantitative estimate of drug-likeness (QED) is 0.899. The third-order valence-electron chi connectivity index (χ3n) is 5.37. The summed E-state index contributed by atoms with van der Waals surface area (Å²) in [4.78, 5) is 2.73. The summed E-state index contributed by atoms with van der Waals surface area (Å²) >= 11 is 0. The molecular formula is C18H28N2. The molecule has 3 unspecified atom stereocenters. The topological polar surface area (TPSA) is 29.3 Å². The molecular weight excluding hydrogens is 244 g/mol. The molecule has 2 heteroatoms. The normalized spacial score (nSPS) is 31.1. The average Bonchev–Trinajstić information content (AvgIpc) is 2.45. The van der Waals surface area contributed by atoms with Gasteiger partial charge in [-0.2, -0.15) is 0 Å². The van der Waals surface area contributed by atoms with Crippen molar-refractivity contribution in [3.8, 4) is 0 Å². The highest BCUT2D eigenvalue weighted by Crippen LogP contribution is 2.40. The van der Waals surface area contributed by atoms with E-state index in [1.165, 1.54) is 49.8 Å². The van der Waals surface area contributed by atoms with Crippen molar-refractivity contribution in [2.75, 3.05) is 4.90 Å². The molecule has 2 N–H and O–H groups in total. The first-order chi connectivity index (χ1) is 9.70. The summed E-state index contributed by atoms with van der Waals surface area (Å²) in [6, 6.07) is 10.8. The molecule has 1 aromatic rings. The smallest absolute Gasteiger partial charge is 0.0406 e. The summed E-state index contributed by atoms with van der Waals surface area (Å²) in [5, 5.41) is 0. The highest BCUT2D eigenvalue weighted by atomic mass is 15.2. The maximum atomic E-state index is 6.26. The Balaban J connectivity index is 1.96.